The highest BCUT2D eigenvalue weighted by Crippen LogP contribution is 2.51. The van der Waals surface area contributed by atoms with Crippen LogP contribution < -0.4 is 0 Å². The van der Waals surface area contributed by atoms with Gasteiger partial charge in [0.15, 0.2) is 0 Å². The van der Waals surface area contributed by atoms with Gasteiger partial charge in [0.2, 0.25) is 0 Å². The summed E-state index contributed by atoms with van der Waals surface area (Å²) in [5.74, 6) is 4.41. The van der Waals surface area contributed by atoms with E-state index in [9.17, 15) is 0 Å². The van der Waals surface area contributed by atoms with Crippen molar-refractivity contribution in [2.45, 2.75) is 119 Å². The van der Waals surface area contributed by atoms with Crippen LogP contribution in [0.25, 0.3) is 11.1 Å². The molecule has 0 saturated carbocycles. The van der Waals surface area contributed by atoms with E-state index in [0.29, 0.717) is 23.7 Å². The molecule has 0 aliphatic carbocycles. The molecule has 0 heterocycles. The van der Waals surface area contributed by atoms with E-state index in [1.165, 1.54) is 68.8 Å². The molecule has 0 fully saturated rings. The Kier molecular flexibility index (Phi) is 17.5. The van der Waals surface area contributed by atoms with Gasteiger partial charge in [-0.1, -0.05) is 132 Å². The van der Waals surface area contributed by atoms with Crippen LogP contribution in [0.3, 0.4) is 0 Å². The molecule has 0 amide bonds. The van der Waals surface area contributed by atoms with Gasteiger partial charge in [0.05, 0.1) is 0 Å². The zero-order valence-electron chi connectivity index (χ0n) is 29.0. The summed E-state index contributed by atoms with van der Waals surface area (Å²) in [6.07, 6.45) is 7.58. The standard InChI is InChI=1S/C30H48P2.C8H19P/c1-21(2)17-29(31,18-22(3)4)27-15-11-9-13-25(27)26-14-10-12-16-28(26)30(32,19-23(5)6)20-24(7)8;1-7(2)5-9-6-8(3)4/h9-16,21-24H,17-20,31-32H2,1-8H3;7-9H,5-6H2,1-4H3. The van der Waals surface area contributed by atoms with Gasteiger partial charge in [-0.25, -0.2) is 0 Å². The molecule has 0 aliphatic heterocycles. The number of benzene rings is 2. The van der Waals surface area contributed by atoms with Crippen molar-refractivity contribution in [1.82, 2.24) is 0 Å². The van der Waals surface area contributed by atoms with E-state index in [4.69, 9.17) is 0 Å². The maximum atomic E-state index is 3.30. The van der Waals surface area contributed by atoms with Gasteiger partial charge in [-0.15, -0.1) is 27.1 Å². The van der Waals surface area contributed by atoms with Gasteiger partial charge in [0, 0.05) is 10.3 Å². The first-order chi connectivity index (χ1) is 19.0. The van der Waals surface area contributed by atoms with Crippen molar-refractivity contribution in [2.24, 2.45) is 35.5 Å². The van der Waals surface area contributed by atoms with Gasteiger partial charge in [-0.05, 0) is 95.8 Å². The van der Waals surface area contributed by atoms with E-state index in [1.54, 1.807) is 0 Å². The summed E-state index contributed by atoms with van der Waals surface area (Å²) in [7, 11) is 7.79. The smallest absolute Gasteiger partial charge is 0.0108 e. The summed E-state index contributed by atoms with van der Waals surface area (Å²) in [4.78, 5) is 0. The minimum atomic E-state index is 0.0890. The van der Waals surface area contributed by atoms with Crippen molar-refractivity contribution in [3.05, 3.63) is 59.7 Å². The van der Waals surface area contributed by atoms with Crippen molar-refractivity contribution < 1.29 is 0 Å². The predicted octanol–water partition coefficient (Wildman–Crippen LogP) is 12.7. The van der Waals surface area contributed by atoms with Crippen LogP contribution in [0.15, 0.2) is 48.5 Å². The van der Waals surface area contributed by atoms with E-state index < -0.39 is 0 Å². The van der Waals surface area contributed by atoms with Crippen LogP contribution >= 0.6 is 27.1 Å². The fraction of sp³-hybridized carbons (Fsp3) is 0.684. The van der Waals surface area contributed by atoms with Gasteiger partial charge < -0.3 is 0 Å². The average molecular weight is 617 g/mol. The Morgan fingerprint density at radius 3 is 0.976 bits per heavy atom. The van der Waals surface area contributed by atoms with E-state index in [0.717, 1.165) is 11.8 Å². The molecule has 0 nitrogen and oxygen atoms in total. The molecule has 2 rings (SSSR count). The normalized spacial score (nSPS) is 12.7. The molecule has 0 N–H and O–H groups in total. The third kappa shape index (κ3) is 13.9. The first kappa shape index (κ1) is 38.8. The molecule has 0 radical (unpaired) electrons. The minimum absolute atomic E-state index is 0.0890. The summed E-state index contributed by atoms with van der Waals surface area (Å²) < 4.78 is 0. The number of hydrogen-bond acceptors (Lipinski definition) is 0. The first-order valence-corrected chi connectivity index (χ1v) is 19.0. The summed E-state index contributed by atoms with van der Waals surface area (Å²) in [5, 5.41) is 0.178. The second-order valence-corrected chi connectivity index (χ2v) is 18.8. The molecule has 2 aromatic rings. The highest BCUT2D eigenvalue weighted by Gasteiger charge is 2.35. The van der Waals surface area contributed by atoms with Crippen LogP contribution in [0.1, 0.15) is 120 Å². The molecule has 0 spiro atoms. The second kappa shape index (κ2) is 18.5. The van der Waals surface area contributed by atoms with Crippen molar-refractivity contribution in [3.8, 4) is 11.1 Å². The SMILES string of the molecule is CC(C)CC(P)(CC(C)C)c1ccccc1-c1ccccc1C(P)(CC(C)C)CC(C)C.CC(C)CPCC(C)C. The van der Waals surface area contributed by atoms with E-state index >= 15 is 0 Å². The Balaban J connectivity index is 0.000000803. The largest absolute Gasteiger partial charge is 0.126 e. The summed E-state index contributed by atoms with van der Waals surface area (Å²) in [5.41, 5.74) is 5.81. The lowest BCUT2D eigenvalue weighted by atomic mass is 9.76. The highest BCUT2D eigenvalue weighted by atomic mass is 31.1. The molecule has 3 heteroatoms. The molecule has 2 atom stereocenters. The number of rotatable bonds is 15. The Morgan fingerprint density at radius 1 is 0.463 bits per heavy atom. The quantitative estimate of drug-likeness (QED) is 0.175. The van der Waals surface area contributed by atoms with Crippen LogP contribution in [0, 0.1) is 35.5 Å². The van der Waals surface area contributed by atoms with E-state index in [-0.39, 0.29) is 10.3 Å². The second-order valence-electron chi connectivity index (χ2n) is 15.2. The zero-order valence-corrected chi connectivity index (χ0v) is 32.3. The fourth-order valence-electron chi connectivity index (χ4n) is 6.49. The molecule has 2 unspecified atom stereocenters. The van der Waals surface area contributed by atoms with E-state index in [1.807, 2.05) is 0 Å². The highest BCUT2D eigenvalue weighted by molar-refractivity contribution is 7.37. The monoisotopic (exact) mass is 616 g/mol. The van der Waals surface area contributed by atoms with Crippen LogP contribution in [0.2, 0.25) is 0 Å². The summed E-state index contributed by atoms with van der Waals surface area (Å²) >= 11 is 0. The third-order valence-electron chi connectivity index (χ3n) is 7.41. The molecular formula is C38H67P3. The molecule has 0 aromatic heterocycles. The Bertz CT molecular complexity index is 887. The molecule has 0 aliphatic rings. The third-order valence-corrected chi connectivity index (χ3v) is 11.2. The van der Waals surface area contributed by atoms with Crippen LogP contribution in [-0.4, -0.2) is 12.3 Å². The Hall–Kier alpha value is -0.270. The lowest BCUT2D eigenvalue weighted by molar-refractivity contribution is 0.386. The van der Waals surface area contributed by atoms with Crippen LogP contribution in [0.5, 0.6) is 0 Å². The van der Waals surface area contributed by atoms with Crippen molar-refractivity contribution in [3.63, 3.8) is 0 Å². The topological polar surface area (TPSA) is 0 Å². The van der Waals surface area contributed by atoms with Gasteiger partial charge in [-0.2, -0.15) is 0 Å². The lowest BCUT2D eigenvalue weighted by Gasteiger charge is -2.38. The van der Waals surface area contributed by atoms with Gasteiger partial charge in [0.25, 0.3) is 0 Å². The maximum Gasteiger partial charge on any atom is 0.0108 e. The van der Waals surface area contributed by atoms with Gasteiger partial charge >= 0.3 is 0 Å². The van der Waals surface area contributed by atoms with E-state index in [2.05, 4.69) is 150 Å². The predicted molar refractivity (Wildman–Crippen MR) is 200 cm³/mol. The Morgan fingerprint density at radius 2 is 0.732 bits per heavy atom. The minimum Gasteiger partial charge on any atom is -0.126 e. The molecule has 0 bridgehead atoms. The average Bonchev–Trinajstić information content (AvgIpc) is 2.82. The van der Waals surface area contributed by atoms with Crippen molar-refractivity contribution in [2.75, 3.05) is 12.3 Å². The molecule has 2 aromatic carbocycles. The number of hydrogen-bond donors (Lipinski definition) is 0. The van der Waals surface area contributed by atoms with Crippen molar-refractivity contribution >= 4 is 27.1 Å². The fourth-order valence-corrected chi connectivity index (χ4v) is 10.2. The van der Waals surface area contributed by atoms with Crippen LogP contribution in [0.4, 0.5) is 0 Å². The van der Waals surface area contributed by atoms with Crippen LogP contribution in [-0.2, 0) is 10.3 Å². The molecule has 41 heavy (non-hydrogen) atoms. The Labute approximate surface area is 264 Å². The van der Waals surface area contributed by atoms with Crippen molar-refractivity contribution in [1.29, 1.82) is 0 Å². The molecule has 234 valence electrons. The molecule has 0 saturated heterocycles. The first-order valence-electron chi connectivity index (χ1n) is 16.5. The maximum absolute atomic E-state index is 3.30. The van der Waals surface area contributed by atoms with Gasteiger partial charge in [0.1, 0.15) is 0 Å². The van der Waals surface area contributed by atoms with Gasteiger partial charge in [-0.3, -0.25) is 0 Å². The zero-order chi connectivity index (χ0) is 31.4. The molecular weight excluding hydrogens is 549 g/mol. The summed E-state index contributed by atoms with van der Waals surface area (Å²) in [6.45, 7) is 28.0. The summed E-state index contributed by atoms with van der Waals surface area (Å²) in [6, 6.07) is 18.4. The lowest BCUT2D eigenvalue weighted by Crippen LogP contribution is -2.26.